The molecule has 1 aliphatic heterocycles. The number of likely N-dealkylation sites (N-methyl/N-ethyl adjacent to an activating group) is 2. The first-order chi connectivity index (χ1) is 30.4. The fourth-order valence-corrected chi connectivity index (χ4v) is 7.57. The second-order valence-electron chi connectivity index (χ2n) is 16.6. The fraction of sp³-hybridized carbons (Fsp3) is 0.682. The van der Waals surface area contributed by atoms with Crippen molar-refractivity contribution in [3.8, 4) is 5.75 Å². The van der Waals surface area contributed by atoms with Gasteiger partial charge in [0.15, 0.2) is 12.2 Å². The molecule has 0 aliphatic carbocycles. The van der Waals surface area contributed by atoms with Crippen molar-refractivity contribution in [3.05, 3.63) is 29.3 Å². The molecule has 65 heavy (non-hydrogen) atoms. The predicted molar refractivity (Wildman–Crippen MR) is 229 cm³/mol. The van der Waals surface area contributed by atoms with Crippen LogP contribution in [-0.2, 0) is 79.9 Å². The van der Waals surface area contributed by atoms with Gasteiger partial charge in [0.1, 0.15) is 37.2 Å². The third-order valence-electron chi connectivity index (χ3n) is 10.8. The van der Waals surface area contributed by atoms with Gasteiger partial charge in [0.2, 0.25) is 24.2 Å². The van der Waals surface area contributed by atoms with Gasteiger partial charge in [-0.2, -0.15) is 0 Å². The summed E-state index contributed by atoms with van der Waals surface area (Å²) >= 11 is 0. The van der Waals surface area contributed by atoms with Gasteiger partial charge in [-0.25, -0.2) is 4.79 Å². The van der Waals surface area contributed by atoms with Crippen LogP contribution in [0.25, 0.3) is 0 Å². The molecule has 0 saturated carbocycles. The van der Waals surface area contributed by atoms with E-state index in [2.05, 4.69) is 5.32 Å². The monoisotopic (exact) mass is 924 g/mol. The molecule has 1 aromatic rings. The number of nitrogens with two attached hydrogens (primary N) is 1. The molecule has 0 spiro atoms. The number of hydrogen-bond donors (Lipinski definition) is 3. The molecule has 1 aromatic carbocycles. The Morgan fingerprint density at radius 3 is 1.89 bits per heavy atom. The summed E-state index contributed by atoms with van der Waals surface area (Å²) in [6.45, 7) is 14.4. The minimum atomic E-state index is -1.52. The number of hydrogen-bond acceptors (Lipinski definition) is 17. The second kappa shape index (κ2) is 25.8. The molecule has 0 aromatic heterocycles. The first kappa shape index (κ1) is 55.6. The third-order valence-corrected chi connectivity index (χ3v) is 10.8. The lowest BCUT2D eigenvalue weighted by Crippen LogP contribution is -2.63. The normalized spacial score (nSPS) is 20.5. The standard InChI is InChI=1S/C44H68N4O17/c1-14-24(6)37(32(58-13)18-34(53)54)47(11)42(56)35(22(2)3)46-41(55)36(23(4)5)48(12)44(57)60-20-29-15-16-31(30(17-29)19-45)64-43-40(63-28(10)52)39(62-27(9)51)38(61-26(8)50)33(65-43)21-59-25(7)49/h15-17,22-24,32-33,35-40,43H,14,18-21,45H2,1-13H3,(H,46,55)(H,53,54)/t24-,32+,33+,35-,36-,37-,38-,39-,40+,43+/m0/s1. The Morgan fingerprint density at radius 1 is 0.815 bits per heavy atom. The summed E-state index contributed by atoms with van der Waals surface area (Å²) in [4.78, 5) is 104. The molecule has 3 amide bonds. The Hall–Kier alpha value is -5.54. The van der Waals surface area contributed by atoms with Crippen LogP contribution in [0.5, 0.6) is 5.75 Å². The Morgan fingerprint density at radius 2 is 1.40 bits per heavy atom. The van der Waals surface area contributed by atoms with Gasteiger partial charge in [0, 0.05) is 61.0 Å². The van der Waals surface area contributed by atoms with Crippen LogP contribution in [-0.4, -0.2) is 145 Å². The van der Waals surface area contributed by atoms with Crippen LogP contribution >= 0.6 is 0 Å². The number of benzene rings is 1. The van der Waals surface area contributed by atoms with Crippen molar-refractivity contribution >= 4 is 47.8 Å². The lowest BCUT2D eigenvalue weighted by atomic mass is 9.90. The van der Waals surface area contributed by atoms with Crippen LogP contribution in [0, 0.1) is 17.8 Å². The van der Waals surface area contributed by atoms with Crippen molar-refractivity contribution in [1.82, 2.24) is 15.1 Å². The molecule has 1 aliphatic rings. The van der Waals surface area contributed by atoms with Crippen LogP contribution < -0.4 is 15.8 Å². The maximum Gasteiger partial charge on any atom is 0.410 e. The Balaban J connectivity index is 2.35. The molecule has 0 bridgehead atoms. The molecule has 0 unspecified atom stereocenters. The van der Waals surface area contributed by atoms with Crippen molar-refractivity contribution in [2.24, 2.45) is 23.5 Å². The van der Waals surface area contributed by atoms with E-state index in [-0.39, 0.29) is 31.2 Å². The number of carbonyl (C=O) groups excluding carboxylic acids is 7. The topological polar surface area (TPSA) is 275 Å². The van der Waals surface area contributed by atoms with Crippen molar-refractivity contribution in [2.75, 3.05) is 27.8 Å². The second-order valence-corrected chi connectivity index (χ2v) is 16.6. The van der Waals surface area contributed by atoms with Gasteiger partial charge in [-0.15, -0.1) is 0 Å². The fourth-order valence-electron chi connectivity index (χ4n) is 7.57. The maximum absolute atomic E-state index is 14.1. The summed E-state index contributed by atoms with van der Waals surface area (Å²) in [5, 5.41) is 12.4. The summed E-state index contributed by atoms with van der Waals surface area (Å²) in [5.74, 6) is -6.11. The van der Waals surface area contributed by atoms with Crippen molar-refractivity contribution < 1.29 is 81.4 Å². The van der Waals surface area contributed by atoms with E-state index in [4.69, 9.17) is 43.6 Å². The molecule has 0 radical (unpaired) electrons. The van der Waals surface area contributed by atoms with E-state index < -0.39 is 121 Å². The highest BCUT2D eigenvalue weighted by Gasteiger charge is 2.53. The van der Waals surface area contributed by atoms with Gasteiger partial charge < -0.3 is 59.0 Å². The average Bonchev–Trinajstić information content (AvgIpc) is 3.21. The summed E-state index contributed by atoms with van der Waals surface area (Å²) in [6, 6.07) is 1.88. The van der Waals surface area contributed by atoms with E-state index in [1.807, 2.05) is 13.8 Å². The van der Waals surface area contributed by atoms with Crippen molar-refractivity contribution in [2.45, 2.75) is 150 Å². The van der Waals surface area contributed by atoms with Crippen LogP contribution in [0.15, 0.2) is 18.2 Å². The molecule has 2 rings (SSSR count). The van der Waals surface area contributed by atoms with Crippen LogP contribution in [0.3, 0.4) is 0 Å². The minimum Gasteiger partial charge on any atom is -0.481 e. The highest BCUT2D eigenvalue weighted by atomic mass is 16.7. The Labute approximate surface area is 380 Å². The predicted octanol–water partition coefficient (Wildman–Crippen LogP) is 2.70. The number of nitrogens with zero attached hydrogens (tertiary/aromatic N) is 2. The SMILES string of the molecule is CC[C@H](C)[C@@H]([C@@H](CC(=O)O)OC)N(C)C(=O)[C@@H](NC(=O)[C@H](C(C)C)N(C)C(=O)OCc1ccc(O[C@@H]2O[C@H](COC(C)=O)[C@H](OC(C)=O)[C@H](OC(C)=O)[C@H]2OC(C)=O)c(CN)c1)C(C)C. The zero-order valence-corrected chi connectivity index (χ0v) is 39.6. The molecule has 366 valence electrons. The summed E-state index contributed by atoms with van der Waals surface area (Å²) in [5.41, 5.74) is 6.92. The van der Waals surface area contributed by atoms with Gasteiger partial charge in [-0.1, -0.05) is 54.0 Å². The van der Waals surface area contributed by atoms with E-state index in [1.165, 1.54) is 25.1 Å². The van der Waals surface area contributed by atoms with Gasteiger partial charge in [0.05, 0.1) is 18.6 Å². The number of nitrogens with one attached hydrogen (secondary N) is 1. The number of aliphatic carboxylic acids is 1. The Bertz CT molecular complexity index is 1820. The molecule has 21 nitrogen and oxygen atoms in total. The molecule has 1 saturated heterocycles. The van der Waals surface area contributed by atoms with E-state index >= 15 is 0 Å². The number of ether oxygens (including phenoxy) is 8. The van der Waals surface area contributed by atoms with Gasteiger partial charge in [-0.05, 0) is 35.4 Å². The zero-order valence-electron chi connectivity index (χ0n) is 39.6. The maximum atomic E-state index is 14.1. The van der Waals surface area contributed by atoms with Gasteiger partial charge in [0.25, 0.3) is 0 Å². The highest BCUT2D eigenvalue weighted by Crippen LogP contribution is 2.33. The first-order valence-corrected chi connectivity index (χ1v) is 21.4. The lowest BCUT2D eigenvalue weighted by Gasteiger charge is -2.44. The van der Waals surface area contributed by atoms with E-state index in [0.717, 1.165) is 32.6 Å². The Kier molecular flexibility index (Phi) is 22.1. The van der Waals surface area contributed by atoms with Gasteiger partial charge in [-0.3, -0.25) is 38.5 Å². The summed E-state index contributed by atoms with van der Waals surface area (Å²) in [7, 11) is 4.35. The molecule has 1 fully saturated rings. The van der Waals surface area contributed by atoms with Crippen molar-refractivity contribution in [1.29, 1.82) is 0 Å². The molecule has 1 heterocycles. The quantitative estimate of drug-likeness (QED) is 0.105. The molecule has 10 atom stereocenters. The van der Waals surface area contributed by atoms with E-state index in [9.17, 15) is 43.5 Å². The smallest absolute Gasteiger partial charge is 0.410 e. The third kappa shape index (κ3) is 16.1. The number of carbonyl (C=O) groups is 8. The summed E-state index contributed by atoms with van der Waals surface area (Å²) in [6.07, 6.45) is -8.49. The molecule has 4 N–H and O–H groups in total. The number of esters is 4. The van der Waals surface area contributed by atoms with Crippen LogP contribution in [0.2, 0.25) is 0 Å². The highest BCUT2D eigenvalue weighted by molar-refractivity contribution is 5.91. The molecular formula is C44H68N4O17. The molecule has 21 heteroatoms. The number of amides is 3. The average molecular weight is 925 g/mol. The van der Waals surface area contributed by atoms with E-state index in [0.29, 0.717) is 17.5 Å². The first-order valence-electron chi connectivity index (χ1n) is 21.4. The number of carboxylic acid groups (broad SMARTS) is 1. The number of carboxylic acids is 1. The molecular weight excluding hydrogens is 856 g/mol. The minimum absolute atomic E-state index is 0.118. The summed E-state index contributed by atoms with van der Waals surface area (Å²) < 4.78 is 44.9. The lowest BCUT2D eigenvalue weighted by molar-refractivity contribution is -0.288. The number of rotatable bonds is 23. The van der Waals surface area contributed by atoms with Crippen LogP contribution in [0.1, 0.15) is 93.2 Å². The van der Waals surface area contributed by atoms with Crippen molar-refractivity contribution in [3.63, 3.8) is 0 Å². The zero-order chi connectivity index (χ0) is 49.5. The van der Waals surface area contributed by atoms with Gasteiger partial charge >= 0.3 is 35.9 Å². The number of methoxy groups -OCH3 is 1. The largest absolute Gasteiger partial charge is 0.481 e. The van der Waals surface area contributed by atoms with Crippen LogP contribution in [0.4, 0.5) is 4.79 Å². The van der Waals surface area contributed by atoms with E-state index in [1.54, 1.807) is 46.9 Å².